The number of hydrogen-bond donors (Lipinski definition) is 1. The van der Waals surface area contributed by atoms with E-state index >= 15 is 0 Å². The average molecular weight is 564 g/mol. The van der Waals surface area contributed by atoms with E-state index in [4.69, 9.17) is 21.7 Å². The highest BCUT2D eigenvalue weighted by atomic mass is 127. The van der Waals surface area contributed by atoms with Gasteiger partial charge < -0.3 is 9.47 Å². The molecule has 2 aromatic rings. The molecule has 0 aromatic heterocycles. The number of carbonyl (C=O) groups excluding carboxylic acids is 2. The van der Waals surface area contributed by atoms with E-state index in [0.717, 1.165) is 9.13 Å². The van der Waals surface area contributed by atoms with Gasteiger partial charge in [0, 0.05) is 0 Å². The number of rotatable bonds is 6. The Morgan fingerprint density at radius 1 is 1.09 bits per heavy atom. The van der Waals surface area contributed by atoms with E-state index in [1.54, 1.807) is 19.3 Å². The fourth-order valence-corrected chi connectivity index (χ4v) is 4.27. The minimum Gasteiger partial charge on any atom is -0.493 e. The van der Waals surface area contributed by atoms with Gasteiger partial charge in [-0.25, -0.2) is 0 Å². The second-order valence-electron chi connectivity index (χ2n) is 7.90. The molecule has 3 rings (SSSR count). The molecule has 8 heteroatoms. The van der Waals surface area contributed by atoms with Crippen molar-refractivity contribution in [1.29, 1.82) is 0 Å². The number of carbonyl (C=O) groups is 2. The van der Waals surface area contributed by atoms with Crippen LogP contribution in [0.15, 0.2) is 42.0 Å². The highest BCUT2D eigenvalue weighted by Gasteiger charge is 2.34. The summed E-state index contributed by atoms with van der Waals surface area (Å²) in [5, 5.41) is 2.68. The number of nitrogens with zero attached hydrogens (tertiary/aromatic N) is 1. The Morgan fingerprint density at radius 2 is 1.75 bits per heavy atom. The van der Waals surface area contributed by atoms with E-state index in [2.05, 4.69) is 41.8 Å². The third-order valence-electron chi connectivity index (χ3n) is 4.84. The normalized spacial score (nSPS) is 15.6. The molecule has 0 radical (unpaired) electrons. The predicted octanol–water partition coefficient (Wildman–Crippen LogP) is 5.04. The molecule has 1 N–H and O–H groups in total. The van der Waals surface area contributed by atoms with Crippen molar-refractivity contribution < 1.29 is 19.1 Å². The fourth-order valence-electron chi connectivity index (χ4n) is 3.24. The van der Waals surface area contributed by atoms with Gasteiger partial charge in [-0.15, -0.1) is 0 Å². The van der Waals surface area contributed by atoms with Crippen molar-refractivity contribution in [3.05, 3.63) is 56.7 Å². The quantitative estimate of drug-likeness (QED) is 0.231. The van der Waals surface area contributed by atoms with Crippen molar-refractivity contribution in [2.24, 2.45) is 0 Å². The van der Waals surface area contributed by atoms with Crippen molar-refractivity contribution in [3.8, 4) is 11.5 Å². The van der Waals surface area contributed by atoms with Crippen LogP contribution >= 0.6 is 34.8 Å². The van der Waals surface area contributed by atoms with Gasteiger partial charge in [-0.1, -0.05) is 26.0 Å². The monoisotopic (exact) mass is 564 g/mol. The summed E-state index contributed by atoms with van der Waals surface area (Å²) >= 11 is 7.44. The standard InChI is InChI=1S/C24H25IN2O4S/c1-13(2)16-6-8-17(9-7-16)27-23(29)18(22(28)26-24(27)32)10-15-11-19(25)21(31-14(3)4)20(12-15)30-5/h6-14H,1-5H3,(H,26,28,32)/b18-10+. The molecule has 6 nitrogen and oxygen atoms in total. The molecule has 1 aliphatic heterocycles. The lowest BCUT2D eigenvalue weighted by molar-refractivity contribution is -0.122. The van der Waals surface area contributed by atoms with E-state index in [0.29, 0.717) is 28.7 Å². The van der Waals surface area contributed by atoms with Crippen LogP contribution in [-0.2, 0) is 9.59 Å². The lowest BCUT2D eigenvalue weighted by atomic mass is 10.0. The number of anilines is 1. The van der Waals surface area contributed by atoms with Gasteiger partial charge >= 0.3 is 0 Å². The maximum atomic E-state index is 13.3. The van der Waals surface area contributed by atoms with Crippen LogP contribution in [0.5, 0.6) is 11.5 Å². The molecule has 0 atom stereocenters. The van der Waals surface area contributed by atoms with E-state index in [-0.39, 0.29) is 16.8 Å². The number of halogens is 1. The SMILES string of the molecule is COc1cc(/C=C2\C(=O)NC(=S)N(c3ccc(C(C)C)cc3)C2=O)cc(I)c1OC(C)C. The topological polar surface area (TPSA) is 67.9 Å². The number of benzene rings is 2. The molecule has 1 heterocycles. The van der Waals surface area contributed by atoms with Crippen molar-refractivity contribution in [3.63, 3.8) is 0 Å². The molecular formula is C24H25IN2O4S. The summed E-state index contributed by atoms with van der Waals surface area (Å²) in [5.74, 6) is 0.498. The Kier molecular flexibility index (Phi) is 7.55. The molecule has 32 heavy (non-hydrogen) atoms. The van der Waals surface area contributed by atoms with Crippen molar-refractivity contribution in [1.82, 2.24) is 5.32 Å². The van der Waals surface area contributed by atoms with Crippen molar-refractivity contribution >= 4 is 63.5 Å². The van der Waals surface area contributed by atoms with Gasteiger partial charge in [-0.2, -0.15) is 0 Å². The van der Waals surface area contributed by atoms with Gasteiger partial charge in [0.05, 0.1) is 22.5 Å². The summed E-state index contributed by atoms with van der Waals surface area (Å²) in [6.45, 7) is 8.06. The maximum absolute atomic E-state index is 13.3. The second kappa shape index (κ2) is 9.99. The van der Waals surface area contributed by atoms with E-state index in [1.165, 1.54) is 4.90 Å². The zero-order valence-corrected chi connectivity index (χ0v) is 21.5. The summed E-state index contributed by atoms with van der Waals surface area (Å²) in [6, 6.07) is 11.1. The molecule has 0 unspecified atom stereocenters. The zero-order chi connectivity index (χ0) is 23.6. The summed E-state index contributed by atoms with van der Waals surface area (Å²) in [6.07, 6.45) is 1.52. The van der Waals surface area contributed by atoms with Gasteiger partial charge in [0.15, 0.2) is 16.6 Å². The Bertz CT molecular complexity index is 1090. The highest BCUT2D eigenvalue weighted by Crippen LogP contribution is 2.35. The Hall–Kier alpha value is -2.46. The van der Waals surface area contributed by atoms with Crippen LogP contribution in [0, 0.1) is 3.57 Å². The predicted molar refractivity (Wildman–Crippen MR) is 138 cm³/mol. The summed E-state index contributed by atoms with van der Waals surface area (Å²) in [4.78, 5) is 27.2. The molecule has 0 bridgehead atoms. The van der Waals surface area contributed by atoms with Gasteiger partial charge in [0.1, 0.15) is 5.57 Å². The van der Waals surface area contributed by atoms with Crippen LogP contribution in [0.25, 0.3) is 6.08 Å². The van der Waals surface area contributed by atoms with E-state index < -0.39 is 11.8 Å². The Morgan fingerprint density at radius 3 is 2.31 bits per heavy atom. The molecule has 1 fully saturated rings. The second-order valence-corrected chi connectivity index (χ2v) is 9.45. The van der Waals surface area contributed by atoms with E-state index in [9.17, 15) is 9.59 Å². The molecule has 1 aliphatic rings. The van der Waals surface area contributed by atoms with Crippen LogP contribution in [-0.4, -0.2) is 30.1 Å². The van der Waals surface area contributed by atoms with Crippen LogP contribution in [0.1, 0.15) is 44.7 Å². The smallest absolute Gasteiger partial charge is 0.270 e. The van der Waals surface area contributed by atoms with Gasteiger partial charge in [0.2, 0.25) is 0 Å². The zero-order valence-electron chi connectivity index (χ0n) is 18.6. The molecule has 0 saturated carbocycles. The van der Waals surface area contributed by atoms with Crippen molar-refractivity contribution in [2.45, 2.75) is 39.7 Å². The highest BCUT2D eigenvalue weighted by molar-refractivity contribution is 14.1. The summed E-state index contributed by atoms with van der Waals surface area (Å²) < 4.78 is 12.1. The van der Waals surface area contributed by atoms with Gasteiger partial charge in [0.25, 0.3) is 11.8 Å². The van der Waals surface area contributed by atoms with E-state index in [1.807, 2.05) is 44.2 Å². The lowest BCUT2D eigenvalue weighted by Crippen LogP contribution is -2.54. The minimum atomic E-state index is -0.536. The average Bonchev–Trinajstić information content (AvgIpc) is 2.72. The van der Waals surface area contributed by atoms with Gasteiger partial charge in [-0.3, -0.25) is 19.8 Å². The van der Waals surface area contributed by atoms with Crippen LogP contribution < -0.4 is 19.7 Å². The molecule has 0 spiro atoms. The van der Waals surface area contributed by atoms with Crippen LogP contribution in [0.2, 0.25) is 0 Å². The first kappa shape index (κ1) is 24.2. The number of thiocarbonyl (C=S) groups is 1. The molecule has 168 valence electrons. The Balaban J connectivity index is 1.99. The molecule has 2 amide bonds. The largest absolute Gasteiger partial charge is 0.493 e. The van der Waals surface area contributed by atoms with Gasteiger partial charge in [-0.05, 0) is 96.0 Å². The lowest BCUT2D eigenvalue weighted by Gasteiger charge is -2.29. The molecule has 1 saturated heterocycles. The molecule has 2 aromatic carbocycles. The number of hydrogen-bond acceptors (Lipinski definition) is 5. The summed E-state index contributed by atoms with van der Waals surface area (Å²) in [5.41, 5.74) is 2.38. The first-order valence-electron chi connectivity index (χ1n) is 10.2. The fraction of sp³-hybridized carbons (Fsp3) is 0.292. The number of amides is 2. The third kappa shape index (κ3) is 5.12. The third-order valence-corrected chi connectivity index (χ3v) is 5.92. The Labute approximate surface area is 207 Å². The minimum absolute atomic E-state index is 0.0121. The first-order valence-corrected chi connectivity index (χ1v) is 11.7. The van der Waals surface area contributed by atoms with Crippen LogP contribution in [0.4, 0.5) is 5.69 Å². The van der Waals surface area contributed by atoms with Crippen LogP contribution in [0.3, 0.4) is 0 Å². The molecular weight excluding hydrogens is 539 g/mol. The number of methoxy groups -OCH3 is 1. The molecule has 0 aliphatic carbocycles. The summed E-state index contributed by atoms with van der Waals surface area (Å²) in [7, 11) is 1.55. The number of ether oxygens (including phenoxy) is 2. The maximum Gasteiger partial charge on any atom is 0.270 e. The first-order chi connectivity index (χ1) is 15.1. The number of nitrogens with one attached hydrogen (secondary N) is 1. The van der Waals surface area contributed by atoms with Crippen molar-refractivity contribution in [2.75, 3.05) is 12.0 Å².